The number of ether oxygens (including phenoxy) is 1. The molecule has 0 aromatic carbocycles. The Hall–Kier alpha value is -3.97. The van der Waals surface area contributed by atoms with Crippen LogP contribution in [0.1, 0.15) is 70.8 Å². The summed E-state index contributed by atoms with van der Waals surface area (Å²) in [6, 6.07) is 6.06. The highest BCUT2D eigenvalue weighted by molar-refractivity contribution is 7.13. The van der Waals surface area contributed by atoms with E-state index in [4.69, 9.17) is 14.7 Å². The van der Waals surface area contributed by atoms with Crippen molar-refractivity contribution in [3.8, 4) is 6.07 Å². The number of hydrogen-bond acceptors (Lipinski definition) is 7. The second kappa shape index (κ2) is 13.3. The summed E-state index contributed by atoms with van der Waals surface area (Å²) in [5.41, 5.74) is 3.96. The van der Waals surface area contributed by atoms with Crippen LogP contribution in [0.3, 0.4) is 0 Å². The number of pyridine rings is 1. The fourth-order valence-corrected chi connectivity index (χ4v) is 5.73. The predicted octanol–water partition coefficient (Wildman–Crippen LogP) is 7.95. The monoisotopic (exact) mass is 590 g/mol. The van der Waals surface area contributed by atoms with Gasteiger partial charge in [0.25, 0.3) is 0 Å². The molecule has 1 amide bonds. The van der Waals surface area contributed by atoms with E-state index in [9.17, 15) is 14.4 Å². The zero-order valence-electron chi connectivity index (χ0n) is 25.2. The maximum absolute atomic E-state index is 14.0. The molecule has 10 heteroatoms. The van der Waals surface area contributed by atoms with E-state index in [0.717, 1.165) is 33.4 Å². The standard InChI is InChI=1S/C32H39FN6O2S/c1-7-9-25(33)18-22(2)19-26-21-42-30(35-26)37(6)29-27(10-8-15-34)36-28-12-11-24(20-39(28)29)23-13-16-38(17-14-23)31(40)41-32(3,4)5/h8-13,20-22H,7,14,16-19H2,1-6H3. The van der Waals surface area contributed by atoms with Crippen LogP contribution in [0.15, 0.2) is 47.8 Å². The lowest BCUT2D eigenvalue weighted by atomic mass is 10.0. The highest BCUT2D eigenvalue weighted by Gasteiger charge is 2.25. The van der Waals surface area contributed by atoms with Crippen LogP contribution in [0.5, 0.6) is 0 Å². The average Bonchev–Trinajstić information content (AvgIpc) is 3.54. The Bertz CT molecular complexity index is 1550. The summed E-state index contributed by atoms with van der Waals surface area (Å²) in [7, 11) is 1.94. The van der Waals surface area contributed by atoms with Crippen molar-refractivity contribution in [2.45, 2.75) is 65.9 Å². The van der Waals surface area contributed by atoms with Crippen molar-refractivity contribution in [1.29, 1.82) is 5.26 Å². The number of anilines is 2. The average molecular weight is 591 g/mol. The highest BCUT2D eigenvalue weighted by atomic mass is 32.1. The van der Waals surface area contributed by atoms with Crippen LogP contribution in [0.4, 0.5) is 20.1 Å². The molecule has 3 aromatic heterocycles. The first-order chi connectivity index (χ1) is 20.0. The van der Waals surface area contributed by atoms with E-state index in [-0.39, 0.29) is 17.8 Å². The number of allylic oxidation sites excluding steroid dienone is 3. The normalized spacial score (nSPS) is 15.1. The van der Waals surface area contributed by atoms with E-state index >= 15 is 0 Å². The van der Waals surface area contributed by atoms with Crippen molar-refractivity contribution in [1.82, 2.24) is 19.3 Å². The molecule has 0 saturated heterocycles. The van der Waals surface area contributed by atoms with Crippen molar-refractivity contribution < 1.29 is 13.9 Å². The summed E-state index contributed by atoms with van der Waals surface area (Å²) in [6.45, 7) is 10.6. The number of hydrogen-bond donors (Lipinski definition) is 0. The van der Waals surface area contributed by atoms with Gasteiger partial charge in [-0.2, -0.15) is 5.26 Å². The van der Waals surface area contributed by atoms with E-state index in [1.807, 2.05) is 74.7 Å². The number of halogens is 1. The summed E-state index contributed by atoms with van der Waals surface area (Å²) >= 11 is 1.52. The number of rotatable bonds is 9. The summed E-state index contributed by atoms with van der Waals surface area (Å²) in [6.07, 6.45) is 11.0. The molecular formula is C32H39FN6O2S. The minimum atomic E-state index is -0.534. The summed E-state index contributed by atoms with van der Waals surface area (Å²) in [5, 5.41) is 12.0. The number of nitrogens with zero attached hydrogens (tertiary/aromatic N) is 6. The molecule has 1 aliphatic rings. The topological polar surface area (TPSA) is 86.8 Å². The molecule has 8 nitrogen and oxygen atoms in total. The fraction of sp³-hybridized carbons (Fsp3) is 0.438. The third-order valence-electron chi connectivity index (χ3n) is 6.84. The lowest BCUT2D eigenvalue weighted by Gasteiger charge is -2.29. The highest BCUT2D eigenvalue weighted by Crippen LogP contribution is 2.34. The summed E-state index contributed by atoms with van der Waals surface area (Å²) in [5.74, 6) is 0.852. The predicted molar refractivity (Wildman–Crippen MR) is 167 cm³/mol. The summed E-state index contributed by atoms with van der Waals surface area (Å²) in [4.78, 5) is 25.9. The van der Waals surface area contributed by atoms with Gasteiger partial charge in [0.15, 0.2) is 5.13 Å². The van der Waals surface area contributed by atoms with E-state index in [1.165, 1.54) is 17.4 Å². The molecule has 0 saturated carbocycles. The second-order valence-electron chi connectivity index (χ2n) is 11.6. The van der Waals surface area contributed by atoms with Crippen LogP contribution in [-0.4, -0.2) is 51.1 Å². The second-order valence-corrected chi connectivity index (χ2v) is 12.4. The molecule has 42 heavy (non-hydrogen) atoms. The van der Waals surface area contributed by atoms with Gasteiger partial charge in [-0.25, -0.2) is 19.2 Å². The Labute approximate surface area is 251 Å². The maximum atomic E-state index is 14.0. The largest absolute Gasteiger partial charge is 0.444 e. The first-order valence-electron chi connectivity index (χ1n) is 14.3. The first kappa shape index (κ1) is 31.0. The quantitative estimate of drug-likeness (QED) is 0.235. The van der Waals surface area contributed by atoms with E-state index in [0.29, 0.717) is 44.5 Å². The van der Waals surface area contributed by atoms with Crippen molar-refractivity contribution in [3.63, 3.8) is 0 Å². The molecule has 0 bridgehead atoms. The third-order valence-corrected chi connectivity index (χ3v) is 7.80. The lowest BCUT2D eigenvalue weighted by molar-refractivity contribution is 0.0270. The van der Waals surface area contributed by atoms with Gasteiger partial charge in [0.05, 0.1) is 17.6 Å². The van der Waals surface area contributed by atoms with E-state index in [1.54, 1.807) is 17.1 Å². The van der Waals surface area contributed by atoms with Crippen LogP contribution >= 0.6 is 11.3 Å². The maximum Gasteiger partial charge on any atom is 0.410 e. The van der Waals surface area contributed by atoms with Gasteiger partial charge in [-0.1, -0.05) is 26.0 Å². The van der Waals surface area contributed by atoms with Crippen molar-refractivity contribution in [3.05, 3.63) is 64.7 Å². The van der Waals surface area contributed by atoms with Gasteiger partial charge >= 0.3 is 6.09 Å². The van der Waals surface area contributed by atoms with Crippen molar-refractivity contribution in [2.75, 3.05) is 25.0 Å². The molecular weight excluding hydrogens is 551 g/mol. The molecule has 0 fully saturated rings. The molecule has 222 valence electrons. The minimum Gasteiger partial charge on any atom is -0.444 e. The van der Waals surface area contributed by atoms with Crippen molar-refractivity contribution >= 4 is 45.7 Å². The molecule has 0 N–H and O–H groups in total. The number of thiazole rings is 1. The fourth-order valence-electron chi connectivity index (χ4n) is 4.93. The van der Waals surface area contributed by atoms with Crippen LogP contribution in [0.25, 0.3) is 17.3 Å². The number of aromatic nitrogens is 3. The zero-order valence-corrected chi connectivity index (χ0v) is 26.0. The molecule has 1 atom stereocenters. The van der Waals surface area contributed by atoms with Gasteiger partial charge < -0.3 is 14.5 Å². The Morgan fingerprint density at radius 3 is 2.79 bits per heavy atom. The van der Waals surface area contributed by atoms with Gasteiger partial charge in [-0.05, 0) is 75.3 Å². The molecule has 0 spiro atoms. The number of imidazole rings is 1. The van der Waals surface area contributed by atoms with Gasteiger partial charge in [0.2, 0.25) is 0 Å². The molecule has 0 radical (unpaired) electrons. The van der Waals surface area contributed by atoms with E-state index < -0.39 is 5.60 Å². The van der Waals surface area contributed by atoms with E-state index in [2.05, 4.69) is 12.1 Å². The first-order valence-corrected chi connectivity index (χ1v) is 15.1. The molecule has 3 aromatic rings. The molecule has 1 unspecified atom stereocenters. The van der Waals surface area contributed by atoms with Crippen LogP contribution in [-0.2, 0) is 11.2 Å². The molecule has 4 heterocycles. The molecule has 0 aliphatic carbocycles. The Morgan fingerprint density at radius 1 is 1.33 bits per heavy atom. The number of carbonyl (C=O) groups excluding carboxylic acids is 1. The van der Waals surface area contributed by atoms with Crippen molar-refractivity contribution in [2.24, 2.45) is 5.92 Å². The number of carbonyl (C=O) groups is 1. The number of nitriles is 1. The minimum absolute atomic E-state index is 0.0707. The zero-order chi connectivity index (χ0) is 30.4. The van der Waals surface area contributed by atoms with Gasteiger partial charge in [-0.3, -0.25) is 4.40 Å². The lowest BCUT2D eigenvalue weighted by Crippen LogP contribution is -2.39. The molecule has 4 rings (SSSR count). The Morgan fingerprint density at radius 2 is 2.12 bits per heavy atom. The number of amides is 1. The van der Waals surface area contributed by atoms with Gasteiger partial charge in [0, 0.05) is 44.2 Å². The smallest absolute Gasteiger partial charge is 0.410 e. The van der Waals surface area contributed by atoms with Crippen LogP contribution in [0, 0.1) is 17.2 Å². The Kier molecular flexibility index (Phi) is 9.84. The summed E-state index contributed by atoms with van der Waals surface area (Å²) < 4.78 is 21.6. The van der Waals surface area contributed by atoms with Crippen LogP contribution < -0.4 is 4.90 Å². The van der Waals surface area contributed by atoms with Gasteiger partial charge in [0.1, 0.15) is 22.8 Å². The van der Waals surface area contributed by atoms with Crippen LogP contribution in [0.2, 0.25) is 0 Å². The third kappa shape index (κ3) is 7.65. The SMILES string of the molecule is CCC=C(F)CC(C)Cc1csc(N(C)c2c(C=CC#N)nc3ccc(C4=CCN(C(=O)OC(C)(C)C)CC4)cn23)n1. The Balaban J connectivity index is 1.60. The van der Waals surface area contributed by atoms with Gasteiger partial charge in [-0.15, -0.1) is 11.3 Å². The molecule has 1 aliphatic heterocycles. The number of fused-ring (bicyclic) bond motifs is 1.